The monoisotopic (exact) mass is 913 g/mol. The van der Waals surface area contributed by atoms with Gasteiger partial charge in [-0.25, -0.2) is 0 Å². The van der Waals surface area contributed by atoms with E-state index in [9.17, 15) is 24.0 Å². The van der Waals surface area contributed by atoms with Crippen molar-refractivity contribution < 1.29 is 38.2 Å². The zero-order valence-electron chi connectivity index (χ0n) is 17.3. The number of nitrogens with two attached hydrogens (primary N) is 2. The number of nitrogens with zero attached hydrogens (tertiary/aromatic N) is 1. The van der Waals surface area contributed by atoms with E-state index in [0.717, 1.165) is 13.8 Å². The van der Waals surface area contributed by atoms with Crippen LogP contribution in [-0.4, -0.2) is 68.5 Å². The van der Waals surface area contributed by atoms with Crippen LogP contribution in [0.15, 0.2) is 18.4 Å². The Labute approximate surface area is 243 Å². The molecule has 0 aromatic rings. The third kappa shape index (κ3) is 5.15. The second-order valence-electron chi connectivity index (χ2n) is 7.04. The number of carbonyl (C=O) groups excluding carboxylic acids is 5. The van der Waals surface area contributed by atoms with Gasteiger partial charge in [0.1, 0.15) is 13.2 Å². The third-order valence-electron chi connectivity index (χ3n) is 4.91. The number of amides is 3. The normalized spacial score (nSPS) is 28.0. The molecular formula is C18H19I4N3O8. The molecule has 3 atom stereocenters. The number of halogens is 4. The van der Waals surface area contributed by atoms with Crippen LogP contribution in [0.2, 0.25) is 0 Å². The van der Waals surface area contributed by atoms with E-state index in [1.54, 1.807) is 22.6 Å². The van der Waals surface area contributed by atoms with Crippen molar-refractivity contribution >= 4 is 120 Å². The molecule has 0 aromatic carbocycles. The molecule has 2 aliphatic rings. The van der Waals surface area contributed by atoms with Crippen molar-refractivity contribution in [2.24, 2.45) is 16.9 Å². The highest BCUT2D eigenvalue weighted by molar-refractivity contribution is 14.1. The molecule has 1 saturated heterocycles. The number of hydrogen-bond acceptors (Lipinski definition) is 8. The van der Waals surface area contributed by atoms with Gasteiger partial charge in [0.15, 0.2) is 5.41 Å². The van der Waals surface area contributed by atoms with Crippen molar-refractivity contribution in [3.05, 3.63) is 18.4 Å². The minimum atomic E-state index is -2.06. The summed E-state index contributed by atoms with van der Waals surface area (Å²) in [5.41, 5.74) is 9.45. The van der Waals surface area contributed by atoms with Crippen molar-refractivity contribution in [3.63, 3.8) is 0 Å². The zero-order chi connectivity index (χ0) is 25.3. The summed E-state index contributed by atoms with van der Waals surface area (Å²) in [6.07, 6.45) is 0. The second kappa shape index (κ2) is 11.2. The topological polar surface area (TPSA) is 168 Å². The lowest BCUT2D eigenvalue weighted by molar-refractivity contribution is -0.161. The fraction of sp³-hybridized carbons (Fsp3) is 0.500. The van der Waals surface area contributed by atoms with Crippen LogP contribution in [0.5, 0.6) is 0 Å². The summed E-state index contributed by atoms with van der Waals surface area (Å²) in [4.78, 5) is 64.1. The Morgan fingerprint density at radius 2 is 1.79 bits per heavy atom. The lowest BCUT2D eigenvalue weighted by Gasteiger charge is -2.49. The molecule has 33 heavy (non-hydrogen) atoms. The van der Waals surface area contributed by atoms with Crippen molar-refractivity contribution in [2.45, 2.75) is 23.5 Å². The summed E-state index contributed by atoms with van der Waals surface area (Å²) >= 11 is 7.36. The van der Waals surface area contributed by atoms with Crippen LogP contribution in [0.25, 0.3) is 0 Å². The summed E-state index contributed by atoms with van der Waals surface area (Å²) in [5, 5.41) is 0. The summed E-state index contributed by atoms with van der Waals surface area (Å²) in [5.74, 6) is -4.03. The molecule has 0 bridgehead atoms. The first kappa shape index (κ1) is 28.9. The molecule has 1 aliphatic carbocycles. The fourth-order valence-electron chi connectivity index (χ4n) is 3.48. The zero-order valence-corrected chi connectivity index (χ0v) is 25.9. The largest absolute Gasteiger partial charge is 0.464 e. The molecule has 11 nitrogen and oxygen atoms in total. The number of morpholine rings is 1. The molecular weight excluding hydrogens is 894 g/mol. The van der Waals surface area contributed by atoms with E-state index in [1.807, 2.05) is 45.2 Å². The molecule has 182 valence electrons. The van der Waals surface area contributed by atoms with Gasteiger partial charge in [-0.15, -0.1) is 0 Å². The Morgan fingerprint density at radius 1 is 1.18 bits per heavy atom. The van der Waals surface area contributed by atoms with E-state index in [1.165, 1.54) is 4.90 Å². The van der Waals surface area contributed by atoms with Gasteiger partial charge in [-0.3, -0.25) is 24.0 Å². The Morgan fingerprint density at radius 3 is 2.24 bits per heavy atom. The van der Waals surface area contributed by atoms with Crippen molar-refractivity contribution in [1.29, 1.82) is 0 Å². The highest BCUT2D eigenvalue weighted by atomic mass is 127. The van der Waals surface area contributed by atoms with E-state index in [-0.39, 0.29) is 31.6 Å². The van der Waals surface area contributed by atoms with Crippen LogP contribution in [0.3, 0.4) is 0 Å². The van der Waals surface area contributed by atoms with E-state index >= 15 is 0 Å². The number of hydrogen-bond donors (Lipinski definition) is 2. The molecule has 2 rings (SSSR count). The first-order valence-corrected chi connectivity index (χ1v) is 13.9. The maximum Gasteiger partial charge on any atom is 0.304 e. The van der Waals surface area contributed by atoms with Crippen molar-refractivity contribution in [2.75, 3.05) is 24.2 Å². The molecule has 15 heteroatoms. The first-order chi connectivity index (χ1) is 15.3. The average Bonchev–Trinajstić information content (AvgIpc) is 2.67. The Balaban J connectivity index is 3.02. The third-order valence-corrected chi connectivity index (χ3v) is 10.1. The van der Waals surface area contributed by atoms with Crippen LogP contribution >= 0.6 is 90.4 Å². The SMILES string of the molecule is CC(=O)OCC1(C(N)=O)C(I)=C(N2C(=O)COCC2CI)C(I)=C(C(N)=O)C1(I)OC(C)=O. The molecule has 1 aliphatic heterocycles. The number of carbonyl (C=O) groups is 5. The van der Waals surface area contributed by atoms with Gasteiger partial charge < -0.3 is 30.6 Å². The Bertz CT molecular complexity index is 984. The van der Waals surface area contributed by atoms with E-state index in [0.29, 0.717) is 4.43 Å². The molecule has 4 N–H and O–H groups in total. The highest BCUT2D eigenvalue weighted by Crippen LogP contribution is 2.60. The average molecular weight is 913 g/mol. The number of ether oxygens (including phenoxy) is 3. The number of allylic oxidation sites excluding steroid dienone is 1. The van der Waals surface area contributed by atoms with Crippen LogP contribution in [-0.2, 0) is 38.2 Å². The molecule has 0 spiro atoms. The number of alkyl halides is 2. The predicted molar refractivity (Wildman–Crippen MR) is 148 cm³/mol. The van der Waals surface area contributed by atoms with Gasteiger partial charge in [0.2, 0.25) is 9.51 Å². The lowest BCUT2D eigenvalue weighted by Crippen LogP contribution is -2.63. The van der Waals surface area contributed by atoms with Crippen molar-refractivity contribution in [1.82, 2.24) is 4.90 Å². The number of rotatable bonds is 7. The summed E-state index contributed by atoms with van der Waals surface area (Å²) < 4.78 is 14.9. The molecule has 0 aromatic heterocycles. The molecule has 3 unspecified atom stereocenters. The predicted octanol–water partition coefficient (Wildman–Crippen LogP) is 1.21. The van der Waals surface area contributed by atoms with Gasteiger partial charge in [-0.2, -0.15) is 0 Å². The van der Waals surface area contributed by atoms with Crippen LogP contribution in [0.1, 0.15) is 13.8 Å². The van der Waals surface area contributed by atoms with Crippen LogP contribution < -0.4 is 11.5 Å². The molecule has 0 saturated carbocycles. The summed E-state index contributed by atoms with van der Waals surface area (Å²) in [7, 11) is 0. The molecule has 3 amide bonds. The lowest BCUT2D eigenvalue weighted by atomic mass is 9.73. The van der Waals surface area contributed by atoms with Gasteiger partial charge in [0, 0.05) is 21.9 Å². The van der Waals surface area contributed by atoms with Gasteiger partial charge >= 0.3 is 11.9 Å². The standard InChI is InChI=1S/C18H19I4N3O8/c1-7(26)32-6-17(16(24)30)14(21)13(25-9(3-19)4-31-5-10(25)28)12(20)11(15(23)29)18(17,22)33-8(2)27/h9H,3-6H2,1-2H3,(H2,23,29)(H2,24,30). The minimum absolute atomic E-state index is 0.156. The minimum Gasteiger partial charge on any atom is -0.464 e. The van der Waals surface area contributed by atoms with Gasteiger partial charge in [0.25, 0.3) is 11.8 Å². The highest BCUT2D eigenvalue weighted by Gasteiger charge is 2.67. The molecule has 1 fully saturated rings. The fourth-order valence-corrected chi connectivity index (χ4v) is 9.72. The Kier molecular flexibility index (Phi) is 9.81. The second-order valence-corrected chi connectivity index (χ2v) is 11.6. The molecule has 0 radical (unpaired) electrons. The maximum absolute atomic E-state index is 13.1. The van der Waals surface area contributed by atoms with Gasteiger partial charge in [-0.1, -0.05) is 22.6 Å². The van der Waals surface area contributed by atoms with Crippen LogP contribution in [0.4, 0.5) is 0 Å². The van der Waals surface area contributed by atoms with Crippen molar-refractivity contribution in [3.8, 4) is 0 Å². The Hall–Kier alpha value is -0.290. The first-order valence-electron chi connectivity index (χ1n) is 9.14. The van der Waals surface area contributed by atoms with Crippen LogP contribution in [0, 0.1) is 5.41 Å². The van der Waals surface area contributed by atoms with E-state index in [2.05, 4.69) is 22.6 Å². The quantitative estimate of drug-likeness (QED) is 0.219. The maximum atomic E-state index is 13.1. The summed E-state index contributed by atoms with van der Waals surface area (Å²) in [6, 6.07) is -0.430. The van der Waals surface area contributed by atoms with Gasteiger partial charge in [0.05, 0.1) is 27.5 Å². The smallest absolute Gasteiger partial charge is 0.304 e. The molecule has 1 heterocycles. The van der Waals surface area contributed by atoms with Gasteiger partial charge in [-0.05, 0) is 67.8 Å². The summed E-state index contributed by atoms with van der Waals surface area (Å²) in [6.45, 7) is 1.55. The number of esters is 2. The number of primary amides is 2. The van der Waals surface area contributed by atoms with E-state index < -0.39 is 51.3 Å². The van der Waals surface area contributed by atoms with E-state index in [4.69, 9.17) is 25.7 Å².